The molecule has 0 amide bonds. The molecular weight excluding hydrogens is 510 g/mol. The van der Waals surface area contributed by atoms with Crippen molar-refractivity contribution < 1.29 is 0 Å². The first-order chi connectivity index (χ1) is 20.8. The number of hydrogen-bond acceptors (Lipinski definition) is 1. The molecule has 3 heteroatoms. The molecule has 196 valence electrons. The summed E-state index contributed by atoms with van der Waals surface area (Å²) in [5.74, 6) is 0.887. The van der Waals surface area contributed by atoms with Gasteiger partial charge in [0, 0.05) is 22.5 Å². The molecule has 0 aliphatic heterocycles. The van der Waals surface area contributed by atoms with E-state index in [0.29, 0.717) is 0 Å². The Morgan fingerprint density at radius 1 is 0.452 bits per heavy atom. The van der Waals surface area contributed by atoms with E-state index in [1.165, 1.54) is 43.4 Å². The number of fused-ring (bicyclic) bond motifs is 7. The van der Waals surface area contributed by atoms with Crippen LogP contribution in [0.15, 0.2) is 152 Å². The summed E-state index contributed by atoms with van der Waals surface area (Å²) >= 11 is 0. The zero-order valence-electron chi connectivity index (χ0n) is 22.8. The molecule has 6 aromatic carbocycles. The number of pyridine rings is 1. The highest BCUT2D eigenvalue weighted by molar-refractivity contribution is 6.21. The second-order valence-corrected chi connectivity index (χ2v) is 10.9. The summed E-state index contributed by atoms with van der Waals surface area (Å²) in [6.07, 6.45) is 2.12. The van der Waals surface area contributed by atoms with Crippen LogP contribution in [0.5, 0.6) is 0 Å². The molecule has 9 aromatic rings. The van der Waals surface area contributed by atoms with E-state index in [1.54, 1.807) is 0 Å². The number of rotatable bonds is 3. The molecule has 0 bridgehead atoms. The topological polar surface area (TPSA) is 22.2 Å². The number of para-hydroxylation sites is 1. The Bertz CT molecular complexity index is 2470. The Hall–Kier alpha value is -5.67. The molecule has 0 N–H and O–H groups in total. The SMILES string of the molecule is c1cc(-c2cccc3ccccc23)cc(-c2nc(-n3c4ccccc4c4c5ccccc5ccc43)n3ccccc23)c1. The van der Waals surface area contributed by atoms with Gasteiger partial charge in [0.15, 0.2) is 0 Å². The van der Waals surface area contributed by atoms with Crippen molar-refractivity contribution in [2.24, 2.45) is 0 Å². The first-order valence-corrected chi connectivity index (χ1v) is 14.3. The fraction of sp³-hybridized carbons (Fsp3) is 0. The fourth-order valence-corrected chi connectivity index (χ4v) is 6.66. The lowest BCUT2D eigenvalue weighted by atomic mass is 9.96. The minimum absolute atomic E-state index is 0.887. The summed E-state index contributed by atoms with van der Waals surface area (Å²) in [5.41, 5.74) is 7.87. The summed E-state index contributed by atoms with van der Waals surface area (Å²) in [6.45, 7) is 0. The van der Waals surface area contributed by atoms with Crippen LogP contribution in [0.25, 0.3) is 77.2 Å². The van der Waals surface area contributed by atoms with E-state index in [0.717, 1.165) is 33.8 Å². The van der Waals surface area contributed by atoms with Crippen molar-refractivity contribution in [3.05, 3.63) is 152 Å². The van der Waals surface area contributed by atoms with E-state index in [9.17, 15) is 0 Å². The molecule has 0 atom stereocenters. The largest absolute Gasteiger partial charge is 0.285 e. The number of imidazole rings is 1. The van der Waals surface area contributed by atoms with E-state index < -0.39 is 0 Å². The Balaban J connectivity index is 1.32. The van der Waals surface area contributed by atoms with Crippen molar-refractivity contribution in [3.8, 4) is 28.3 Å². The summed E-state index contributed by atoms with van der Waals surface area (Å²) in [6, 6.07) is 52.0. The van der Waals surface area contributed by atoms with Gasteiger partial charge in [-0.2, -0.15) is 0 Å². The second kappa shape index (κ2) is 8.92. The molecule has 3 nitrogen and oxygen atoms in total. The highest BCUT2D eigenvalue weighted by Crippen LogP contribution is 2.38. The molecule has 0 saturated carbocycles. The summed E-state index contributed by atoms with van der Waals surface area (Å²) in [7, 11) is 0. The minimum Gasteiger partial charge on any atom is -0.285 e. The maximum atomic E-state index is 5.41. The van der Waals surface area contributed by atoms with Gasteiger partial charge in [-0.3, -0.25) is 8.97 Å². The number of aromatic nitrogens is 3. The number of benzene rings is 6. The van der Waals surface area contributed by atoms with Crippen LogP contribution in [-0.2, 0) is 0 Å². The third-order valence-corrected chi connectivity index (χ3v) is 8.53. The van der Waals surface area contributed by atoms with Crippen molar-refractivity contribution in [3.63, 3.8) is 0 Å². The lowest BCUT2D eigenvalue weighted by molar-refractivity contribution is 0.984. The summed E-state index contributed by atoms with van der Waals surface area (Å²) in [4.78, 5) is 5.41. The van der Waals surface area contributed by atoms with Gasteiger partial charge in [0.1, 0.15) is 0 Å². The Morgan fingerprint density at radius 3 is 2.02 bits per heavy atom. The van der Waals surface area contributed by atoms with Gasteiger partial charge >= 0.3 is 0 Å². The van der Waals surface area contributed by atoms with Crippen LogP contribution in [0.4, 0.5) is 0 Å². The molecule has 42 heavy (non-hydrogen) atoms. The first-order valence-electron chi connectivity index (χ1n) is 14.3. The van der Waals surface area contributed by atoms with Gasteiger partial charge < -0.3 is 0 Å². The van der Waals surface area contributed by atoms with Gasteiger partial charge in [0.25, 0.3) is 0 Å². The fourth-order valence-electron chi connectivity index (χ4n) is 6.66. The predicted octanol–water partition coefficient (Wildman–Crippen LogP) is 10.1. The van der Waals surface area contributed by atoms with Crippen LogP contribution in [-0.4, -0.2) is 14.0 Å². The zero-order chi connectivity index (χ0) is 27.6. The molecule has 0 fully saturated rings. The zero-order valence-corrected chi connectivity index (χ0v) is 22.8. The molecule has 0 aliphatic carbocycles. The maximum Gasteiger partial charge on any atom is 0.220 e. The van der Waals surface area contributed by atoms with Crippen LogP contribution >= 0.6 is 0 Å². The van der Waals surface area contributed by atoms with Crippen LogP contribution in [0.1, 0.15) is 0 Å². The Labute approximate surface area is 242 Å². The molecule has 9 rings (SSSR count). The standard InChI is InChI=1S/C39H25N3/c1-3-16-30-26(11-1)13-10-19-31(30)28-14-9-15-29(25-28)38-36-21-7-8-24-41(36)39(40-38)42-34-20-6-5-18-33(34)37-32-17-4-2-12-27(32)22-23-35(37)42/h1-25H. The van der Waals surface area contributed by atoms with Gasteiger partial charge in [0.05, 0.1) is 22.2 Å². The van der Waals surface area contributed by atoms with Gasteiger partial charge in [-0.05, 0) is 63.0 Å². The van der Waals surface area contributed by atoms with Crippen molar-refractivity contribution in [1.82, 2.24) is 14.0 Å². The van der Waals surface area contributed by atoms with Crippen molar-refractivity contribution in [1.29, 1.82) is 0 Å². The molecule has 0 unspecified atom stereocenters. The molecule has 3 heterocycles. The van der Waals surface area contributed by atoms with Gasteiger partial charge in [-0.1, -0.05) is 115 Å². The molecule has 0 radical (unpaired) electrons. The third kappa shape index (κ3) is 3.31. The second-order valence-electron chi connectivity index (χ2n) is 10.9. The van der Waals surface area contributed by atoms with Crippen LogP contribution in [0.2, 0.25) is 0 Å². The molecule has 0 aliphatic rings. The van der Waals surface area contributed by atoms with Crippen LogP contribution in [0, 0.1) is 0 Å². The quantitative estimate of drug-likeness (QED) is 0.221. The number of hydrogen-bond donors (Lipinski definition) is 0. The highest BCUT2D eigenvalue weighted by Gasteiger charge is 2.20. The van der Waals surface area contributed by atoms with E-state index >= 15 is 0 Å². The van der Waals surface area contributed by atoms with Crippen LogP contribution in [0.3, 0.4) is 0 Å². The summed E-state index contributed by atoms with van der Waals surface area (Å²) in [5, 5.41) is 7.49. The smallest absolute Gasteiger partial charge is 0.220 e. The van der Waals surface area contributed by atoms with Crippen molar-refractivity contribution in [2.45, 2.75) is 0 Å². The van der Waals surface area contributed by atoms with Crippen LogP contribution < -0.4 is 0 Å². The van der Waals surface area contributed by atoms with Gasteiger partial charge in [0.2, 0.25) is 5.95 Å². The molecular formula is C39H25N3. The van der Waals surface area contributed by atoms with E-state index in [-0.39, 0.29) is 0 Å². The monoisotopic (exact) mass is 535 g/mol. The lowest BCUT2D eigenvalue weighted by Gasteiger charge is -2.08. The van der Waals surface area contributed by atoms with E-state index in [2.05, 4.69) is 161 Å². The van der Waals surface area contributed by atoms with Crippen molar-refractivity contribution in [2.75, 3.05) is 0 Å². The highest BCUT2D eigenvalue weighted by atomic mass is 15.2. The lowest BCUT2D eigenvalue weighted by Crippen LogP contribution is -2.00. The molecule has 0 saturated heterocycles. The van der Waals surface area contributed by atoms with E-state index in [1.807, 2.05) is 0 Å². The average Bonchev–Trinajstić information content (AvgIpc) is 3.60. The molecule has 0 spiro atoms. The molecule has 3 aromatic heterocycles. The normalized spacial score (nSPS) is 11.8. The Morgan fingerprint density at radius 2 is 1.12 bits per heavy atom. The van der Waals surface area contributed by atoms with E-state index in [4.69, 9.17) is 4.98 Å². The van der Waals surface area contributed by atoms with Gasteiger partial charge in [-0.15, -0.1) is 0 Å². The van der Waals surface area contributed by atoms with Crippen molar-refractivity contribution >= 4 is 48.9 Å². The maximum absolute atomic E-state index is 5.41. The Kier molecular flexibility index (Phi) is 4.90. The average molecular weight is 536 g/mol. The minimum atomic E-state index is 0.887. The summed E-state index contributed by atoms with van der Waals surface area (Å²) < 4.78 is 4.54. The number of nitrogens with zero attached hydrogens (tertiary/aromatic N) is 3. The predicted molar refractivity (Wildman–Crippen MR) is 175 cm³/mol. The first kappa shape index (κ1) is 23.1. The van der Waals surface area contributed by atoms with Gasteiger partial charge in [-0.25, -0.2) is 4.98 Å². The third-order valence-electron chi connectivity index (χ3n) is 8.53.